The van der Waals surface area contributed by atoms with Crippen molar-refractivity contribution < 1.29 is 14.6 Å². The Hall–Kier alpha value is -3.01. The molecule has 0 atom stereocenters. The molecule has 0 radical (unpaired) electrons. The van der Waals surface area contributed by atoms with E-state index in [0.29, 0.717) is 12.3 Å². The van der Waals surface area contributed by atoms with Crippen LogP contribution in [0.1, 0.15) is 5.56 Å². The summed E-state index contributed by atoms with van der Waals surface area (Å²) in [6, 6.07) is 18.7. The number of hydrogen-bond donors (Lipinski definition) is 1. The largest absolute Gasteiger partial charge is 0.508 e. The van der Waals surface area contributed by atoms with Crippen LogP contribution in [0.15, 0.2) is 60.7 Å². The van der Waals surface area contributed by atoms with E-state index in [-0.39, 0.29) is 5.75 Å². The van der Waals surface area contributed by atoms with Crippen molar-refractivity contribution in [2.45, 2.75) is 6.54 Å². The van der Waals surface area contributed by atoms with Crippen LogP contribution < -0.4 is 9.64 Å². The van der Waals surface area contributed by atoms with Gasteiger partial charge in [0.1, 0.15) is 11.5 Å². The lowest BCUT2D eigenvalue weighted by molar-refractivity contribution is 0.202. The van der Waals surface area contributed by atoms with Crippen molar-refractivity contribution in [3.8, 4) is 11.5 Å². The lowest BCUT2D eigenvalue weighted by Gasteiger charge is -2.28. The van der Waals surface area contributed by atoms with Gasteiger partial charge < -0.3 is 9.84 Å². The molecule has 1 aliphatic rings. The lowest BCUT2D eigenvalue weighted by atomic mass is 10.1. The second-order valence-electron chi connectivity index (χ2n) is 5.28. The van der Waals surface area contributed by atoms with Gasteiger partial charge in [-0.3, -0.25) is 4.90 Å². The van der Waals surface area contributed by atoms with E-state index in [4.69, 9.17) is 4.74 Å². The van der Waals surface area contributed by atoms with Crippen LogP contribution in [0.25, 0.3) is 10.8 Å². The van der Waals surface area contributed by atoms with Crippen molar-refractivity contribution >= 4 is 22.6 Å². The molecular weight excluding hydrogens is 278 g/mol. The van der Waals surface area contributed by atoms with E-state index >= 15 is 0 Å². The van der Waals surface area contributed by atoms with Gasteiger partial charge in [0.05, 0.1) is 6.54 Å². The Labute approximate surface area is 127 Å². The van der Waals surface area contributed by atoms with Crippen LogP contribution in [0, 0.1) is 0 Å². The SMILES string of the molecule is O=C1Oc2cc(O)ccc2CN1c1ccc2ccccc2c1. The highest BCUT2D eigenvalue weighted by molar-refractivity contribution is 5.94. The highest BCUT2D eigenvalue weighted by Crippen LogP contribution is 2.33. The van der Waals surface area contributed by atoms with E-state index in [1.54, 1.807) is 17.0 Å². The lowest BCUT2D eigenvalue weighted by Crippen LogP contribution is -2.36. The summed E-state index contributed by atoms with van der Waals surface area (Å²) < 4.78 is 5.32. The van der Waals surface area contributed by atoms with Crippen molar-refractivity contribution in [2.24, 2.45) is 0 Å². The first-order valence-corrected chi connectivity index (χ1v) is 7.01. The number of carbonyl (C=O) groups is 1. The van der Waals surface area contributed by atoms with Gasteiger partial charge in [0.25, 0.3) is 0 Å². The molecule has 0 bridgehead atoms. The molecule has 0 spiro atoms. The standard InChI is InChI=1S/C18H13NO3/c20-16-8-6-14-11-19(18(21)22-17(14)10-16)15-7-5-12-3-1-2-4-13(12)9-15/h1-10,20H,11H2. The van der Waals surface area contributed by atoms with Crippen molar-refractivity contribution in [3.63, 3.8) is 0 Å². The number of anilines is 1. The molecule has 108 valence electrons. The molecule has 0 unspecified atom stereocenters. The first kappa shape index (κ1) is 12.7. The molecule has 4 rings (SSSR count). The zero-order valence-electron chi connectivity index (χ0n) is 11.7. The fraction of sp³-hybridized carbons (Fsp3) is 0.0556. The first-order valence-electron chi connectivity index (χ1n) is 7.01. The van der Waals surface area contributed by atoms with Gasteiger partial charge in [-0.1, -0.05) is 30.3 Å². The number of ether oxygens (including phenoxy) is 1. The molecule has 0 saturated heterocycles. The quantitative estimate of drug-likeness (QED) is 0.735. The molecule has 22 heavy (non-hydrogen) atoms. The fourth-order valence-electron chi connectivity index (χ4n) is 2.69. The van der Waals surface area contributed by atoms with Crippen LogP contribution >= 0.6 is 0 Å². The minimum atomic E-state index is -0.437. The maximum Gasteiger partial charge on any atom is 0.420 e. The molecule has 3 aromatic carbocycles. The zero-order valence-corrected chi connectivity index (χ0v) is 11.7. The van der Waals surface area contributed by atoms with Crippen molar-refractivity contribution in [1.82, 2.24) is 0 Å². The van der Waals surface area contributed by atoms with Gasteiger partial charge in [0.15, 0.2) is 0 Å². The normalized spacial score (nSPS) is 13.8. The van der Waals surface area contributed by atoms with Crippen molar-refractivity contribution in [3.05, 3.63) is 66.2 Å². The average molecular weight is 291 g/mol. The van der Waals surface area contributed by atoms with E-state index in [1.807, 2.05) is 42.5 Å². The van der Waals surface area contributed by atoms with Crippen LogP contribution in [0.2, 0.25) is 0 Å². The van der Waals surface area contributed by atoms with Gasteiger partial charge in [-0.2, -0.15) is 0 Å². The van der Waals surface area contributed by atoms with Crippen molar-refractivity contribution in [1.29, 1.82) is 0 Å². The second kappa shape index (κ2) is 4.77. The predicted molar refractivity (Wildman–Crippen MR) is 84.3 cm³/mol. The molecular formula is C18H13NO3. The number of phenols is 1. The third kappa shape index (κ3) is 2.05. The number of aromatic hydroxyl groups is 1. The summed E-state index contributed by atoms with van der Waals surface area (Å²) in [5.41, 5.74) is 1.66. The van der Waals surface area contributed by atoms with E-state index in [0.717, 1.165) is 22.0 Å². The maximum atomic E-state index is 12.2. The van der Waals surface area contributed by atoms with E-state index in [1.165, 1.54) is 6.07 Å². The Morgan fingerprint density at radius 2 is 1.77 bits per heavy atom. The van der Waals surface area contributed by atoms with Crippen LogP contribution in [-0.2, 0) is 6.54 Å². The molecule has 1 N–H and O–H groups in total. The van der Waals surface area contributed by atoms with Crippen molar-refractivity contribution in [2.75, 3.05) is 4.90 Å². The van der Waals surface area contributed by atoms with Gasteiger partial charge in [-0.25, -0.2) is 4.79 Å². The van der Waals surface area contributed by atoms with E-state index < -0.39 is 6.09 Å². The minimum absolute atomic E-state index is 0.0886. The molecule has 0 aromatic heterocycles. The maximum absolute atomic E-state index is 12.2. The van der Waals surface area contributed by atoms with Gasteiger partial charge in [0.2, 0.25) is 0 Å². The second-order valence-corrected chi connectivity index (χ2v) is 5.28. The topological polar surface area (TPSA) is 49.8 Å². The number of fused-ring (bicyclic) bond motifs is 2. The van der Waals surface area contributed by atoms with E-state index in [2.05, 4.69) is 0 Å². The van der Waals surface area contributed by atoms with Crippen LogP contribution in [-0.4, -0.2) is 11.2 Å². The van der Waals surface area contributed by atoms with Gasteiger partial charge in [-0.15, -0.1) is 0 Å². The van der Waals surface area contributed by atoms with Crippen LogP contribution in [0.3, 0.4) is 0 Å². The van der Waals surface area contributed by atoms with Gasteiger partial charge >= 0.3 is 6.09 Å². The highest BCUT2D eigenvalue weighted by atomic mass is 16.6. The third-order valence-electron chi connectivity index (χ3n) is 3.84. The smallest absolute Gasteiger partial charge is 0.420 e. The molecule has 1 heterocycles. The van der Waals surface area contributed by atoms with Crippen LogP contribution in [0.4, 0.5) is 10.5 Å². The highest BCUT2D eigenvalue weighted by Gasteiger charge is 2.26. The van der Waals surface area contributed by atoms with E-state index in [9.17, 15) is 9.90 Å². The number of hydrogen-bond acceptors (Lipinski definition) is 3. The number of amides is 1. The predicted octanol–water partition coefficient (Wildman–Crippen LogP) is 4.06. The molecule has 0 saturated carbocycles. The number of carbonyl (C=O) groups excluding carboxylic acids is 1. The monoisotopic (exact) mass is 291 g/mol. The Morgan fingerprint density at radius 3 is 2.64 bits per heavy atom. The average Bonchev–Trinajstić information content (AvgIpc) is 2.53. The number of phenolic OH excluding ortho intramolecular Hbond substituents is 1. The summed E-state index contributed by atoms with van der Waals surface area (Å²) in [7, 11) is 0. The number of benzene rings is 3. The zero-order chi connectivity index (χ0) is 15.1. The molecule has 3 aromatic rings. The summed E-state index contributed by atoms with van der Waals surface area (Å²) in [5.74, 6) is 0.507. The summed E-state index contributed by atoms with van der Waals surface area (Å²) in [5, 5.41) is 11.7. The first-order chi connectivity index (χ1) is 10.7. The number of nitrogens with zero attached hydrogens (tertiary/aromatic N) is 1. The number of rotatable bonds is 1. The third-order valence-corrected chi connectivity index (χ3v) is 3.84. The summed E-state index contributed by atoms with van der Waals surface area (Å²) in [6.07, 6.45) is -0.437. The molecule has 0 fully saturated rings. The molecule has 4 heteroatoms. The summed E-state index contributed by atoms with van der Waals surface area (Å²) >= 11 is 0. The molecule has 1 aliphatic heterocycles. The minimum Gasteiger partial charge on any atom is -0.508 e. The van der Waals surface area contributed by atoms with Crippen LogP contribution in [0.5, 0.6) is 11.5 Å². The Bertz CT molecular complexity index is 888. The van der Waals surface area contributed by atoms with Gasteiger partial charge in [0, 0.05) is 17.3 Å². The van der Waals surface area contributed by atoms with Gasteiger partial charge in [-0.05, 0) is 35.0 Å². The summed E-state index contributed by atoms with van der Waals surface area (Å²) in [6.45, 7) is 0.423. The molecule has 0 aliphatic carbocycles. The fourth-order valence-corrected chi connectivity index (χ4v) is 2.69. The Balaban J connectivity index is 1.75. The molecule has 4 nitrogen and oxygen atoms in total. The molecule has 1 amide bonds. The Kier molecular flexibility index (Phi) is 2.76. The Morgan fingerprint density at radius 1 is 0.955 bits per heavy atom. The summed E-state index contributed by atoms with van der Waals surface area (Å²) in [4.78, 5) is 13.8.